The van der Waals surface area contributed by atoms with Crippen molar-refractivity contribution in [2.24, 2.45) is 0 Å². The van der Waals surface area contributed by atoms with Gasteiger partial charge in [0.25, 0.3) is 0 Å². The monoisotopic (exact) mass is 374 g/mol. The number of halogens is 1. The van der Waals surface area contributed by atoms with E-state index in [1.54, 1.807) is 11.3 Å². The van der Waals surface area contributed by atoms with Crippen LogP contribution in [0.1, 0.15) is 30.7 Å². The molecule has 0 bridgehead atoms. The molecule has 0 spiro atoms. The van der Waals surface area contributed by atoms with Crippen molar-refractivity contribution in [1.82, 2.24) is 10.6 Å². The van der Waals surface area contributed by atoms with Crippen LogP contribution in [0.15, 0.2) is 27.2 Å². The summed E-state index contributed by atoms with van der Waals surface area (Å²) in [4.78, 5) is 13.2. The molecule has 1 aromatic rings. The van der Waals surface area contributed by atoms with Crippen LogP contribution in [0.3, 0.4) is 0 Å². The SMILES string of the molecule is CCCC1=C(C(=O)OC)[C@@H](c2ccc(Br)s2)NC(=S)N1. The number of carbonyl (C=O) groups excluding carboxylic acids is 1. The maximum atomic E-state index is 12.1. The topological polar surface area (TPSA) is 50.4 Å². The Morgan fingerprint density at radius 1 is 1.55 bits per heavy atom. The van der Waals surface area contributed by atoms with Crippen molar-refractivity contribution in [3.05, 3.63) is 32.1 Å². The molecule has 4 nitrogen and oxygen atoms in total. The molecule has 1 aliphatic heterocycles. The highest BCUT2D eigenvalue weighted by atomic mass is 79.9. The number of hydrogen-bond donors (Lipinski definition) is 2. The molecular weight excluding hydrogens is 360 g/mol. The van der Waals surface area contributed by atoms with Gasteiger partial charge in [0.1, 0.15) is 0 Å². The number of thiophene rings is 1. The number of esters is 1. The van der Waals surface area contributed by atoms with Gasteiger partial charge in [-0.2, -0.15) is 0 Å². The van der Waals surface area contributed by atoms with Crippen LogP contribution < -0.4 is 10.6 Å². The van der Waals surface area contributed by atoms with E-state index in [-0.39, 0.29) is 12.0 Å². The lowest BCUT2D eigenvalue weighted by Gasteiger charge is -2.30. The van der Waals surface area contributed by atoms with Gasteiger partial charge < -0.3 is 15.4 Å². The van der Waals surface area contributed by atoms with Gasteiger partial charge in [-0.1, -0.05) is 13.3 Å². The quantitative estimate of drug-likeness (QED) is 0.625. The molecule has 0 unspecified atom stereocenters. The second-order valence-corrected chi connectivity index (χ2v) is 7.21. The molecule has 2 rings (SSSR count). The van der Waals surface area contributed by atoms with Crippen LogP contribution in [0, 0.1) is 0 Å². The van der Waals surface area contributed by atoms with Crippen molar-refractivity contribution in [3.63, 3.8) is 0 Å². The van der Waals surface area contributed by atoms with Gasteiger partial charge in [0.2, 0.25) is 0 Å². The molecule has 2 N–H and O–H groups in total. The van der Waals surface area contributed by atoms with E-state index in [4.69, 9.17) is 17.0 Å². The average molecular weight is 375 g/mol. The van der Waals surface area contributed by atoms with Crippen LogP contribution in [0.2, 0.25) is 0 Å². The first-order chi connectivity index (χ1) is 9.56. The van der Waals surface area contributed by atoms with Gasteiger partial charge in [0.15, 0.2) is 5.11 Å². The number of thiocarbonyl (C=S) groups is 1. The molecule has 20 heavy (non-hydrogen) atoms. The third kappa shape index (κ3) is 3.21. The van der Waals surface area contributed by atoms with Gasteiger partial charge in [-0.15, -0.1) is 11.3 Å². The molecule has 2 heterocycles. The Balaban J connectivity index is 2.48. The van der Waals surface area contributed by atoms with Gasteiger partial charge >= 0.3 is 5.97 Å². The van der Waals surface area contributed by atoms with E-state index >= 15 is 0 Å². The smallest absolute Gasteiger partial charge is 0.338 e. The summed E-state index contributed by atoms with van der Waals surface area (Å²) in [6.45, 7) is 2.06. The number of carbonyl (C=O) groups is 1. The minimum atomic E-state index is -0.328. The first-order valence-corrected chi connectivity index (χ1v) is 8.22. The van der Waals surface area contributed by atoms with Crippen molar-refractivity contribution >= 4 is 50.6 Å². The van der Waals surface area contributed by atoms with Gasteiger partial charge in [-0.25, -0.2) is 4.79 Å². The molecule has 1 aromatic heterocycles. The standard InChI is InChI=1S/C13H15BrN2O2S2/c1-3-4-7-10(12(17)18-2)11(16-13(19)15-7)8-5-6-9(14)20-8/h5-6,11H,3-4H2,1-2H3,(H2,15,16,19)/t11-/m1/s1. The first kappa shape index (κ1) is 15.5. The molecule has 1 aliphatic rings. The molecule has 0 aromatic carbocycles. The van der Waals surface area contributed by atoms with E-state index in [9.17, 15) is 4.79 Å². The lowest BCUT2D eigenvalue weighted by molar-refractivity contribution is -0.136. The lowest BCUT2D eigenvalue weighted by atomic mass is 9.99. The summed E-state index contributed by atoms with van der Waals surface area (Å²) in [5.74, 6) is -0.328. The third-order valence-corrected chi connectivity index (χ3v) is 4.85. The fraction of sp³-hybridized carbons (Fsp3) is 0.385. The Kier molecular flexibility index (Phi) is 5.17. The van der Waals surface area contributed by atoms with Gasteiger partial charge in [-0.05, 0) is 46.7 Å². The van der Waals surface area contributed by atoms with E-state index in [0.29, 0.717) is 10.7 Å². The first-order valence-electron chi connectivity index (χ1n) is 6.21. The third-order valence-electron chi connectivity index (χ3n) is 2.94. The highest BCUT2D eigenvalue weighted by molar-refractivity contribution is 9.11. The molecule has 108 valence electrons. The van der Waals surface area contributed by atoms with Gasteiger partial charge in [0, 0.05) is 10.6 Å². The Morgan fingerprint density at radius 3 is 2.85 bits per heavy atom. The zero-order chi connectivity index (χ0) is 14.7. The number of hydrogen-bond acceptors (Lipinski definition) is 4. The largest absolute Gasteiger partial charge is 0.466 e. The lowest BCUT2D eigenvalue weighted by Crippen LogP contribution is -2.45. The summed E-state index contributed by atoms with van der Waals surface area (Å²) >= 11 is 10.3. The van der Waals surface area contributed by atoms with Gasteiger partial charge in [-0.3, -0.25) is 0 Å². The number of nitrogens with one attached hydrogen (secondary N) is 2. The number of rotatable bonds is 4. The second-order valence-electron chi connectivity index (χ2n) is 4.31. The fourth-order valence-electron chi connectivity index (χ4n) is 2.11. The molecule has 0 aliphatic carbocycles. The van der Waals surface area contributed by atoms with Crippen LogP contribution in [0.4, 0.5) is 0 Å². The Bertz CT molecular complexity index is 568. The van der Waals surface area contributed by atoms with Gasteiger partial charge in [0.05, 0.1) is 22.5 Å². The predicted octanol–water partition coefficient (Wildman–Crippen LogP) is 3.26. The predicted molar refractivity (Wildman–Crippen MR) is 87.6 cm³/mol. The Labute approximate surface area is 135 Å². The zero-order valence-corrected chi connectivity index (χ0v) is 14.4. The molecular formula is C13H15BrN2O2S2. The summed E-state index contributed by atoms with van der Waals surface area (Å²) < 4.78 is 5.95. The van der Waals surface area contributed by atoms with E-state index in [2.05, 4.69) is 33.5 Å². The summed E-state index contributed by atoms with van der Waals surface area (Å²) in [6.07, 6.45) is 1.68. The van der Waals surface area contributed by atoms with Crippen molar-refractivity contribution in [2.75, 3.05) is 7.11 Å². The van der Waals surface area contributed by atoms with Crippen molar-refractivity contribution in [2.45, 2.75) is 25.8 Å². The summed E-state index contributed by atoms with van der Waals surface area (Å²) in [5, 5.41) is 6.77. The second kappa shape index (κ2) is 6.69. The summed E-state index contributed by atoms with van der Waals surface area (Å²) in [5.41, 5.74) is 1.45. The van der Waals surface area contributed by atoms with Crippen molar-refractivity contribution in [3.8, 4) is 0 Å². The van der Waals surface area contributed by atoms with Crippen LogP contribution >= 0.6 is 39.5 Å². The zero-order valence-electron chi connectivity index (χ0n) is 11.2. The van der Waals surface area contributed by atoms with Crippen LogP contribution in [0.25, 0.3) is 0 Å². The van der Waals surface area contributed by atoms with Crippen LogP contribution in [-0.4, -0.2) is 18.2 Å². The summed E-state index contributed by atoms with van der Waals surface area (Å²) in [7, 11) is 1.40. The van der Waals surface area contributed by atoms with Crippen molar-refractivity contribution in [1.29, 1.82) is 0 Å². The maximum absolute atomic E-state index is 12.1. The summed E-state index contributed by atoms with van der Waals surface area (Å²) in [6, 6.07) is 3.68. The molecule has 0 amide bonds. The average Bonchev–Trinajstić information content (AvgIpc) is 2.84. The molecule has 0 radical (unpaired) electrons. The molecule has 7 heteroatoms. The highest BCUT2D eigenvalue weighted by Gasteiger charge is 2.32. The fourth-order valence-corrected chi connectivity index (χ4v) is 3.84. The van der Waals surface area contributed by atoms with Crippen molar-refractivity contribution < 1.29 is 9.53 Å². The molecule has 1 atom stereocenters. The van der Waals surface area contributed by atoms with E-state index in [1.165, 1.54) is 7.11 Å². The normalized spacial score (nSPS) is 18.6. The number of allylic oxidation sites excluding steroid dienone is 1. The van der Waals surface area contributed by atoms with E-state index in [1.807, 2.05) is 12.1 Å². The highest BCUT2D eigenvalue weighted by Crippen LogP contribution is 2.34. The van der Waals surface area contributed by atoms with Crippen LogP contribution in [-0.2, 0) is 9.53 Å². The number of methoxy groups -OCH3 is 1. The minimum Gasteiger partial charge on any atom is -0.466 e. The molecule has 0 fully saturated rings. The molecule has 0 saturated heterocycles. The minimum absolute atomic E-state index is 0.256. The Morgan fingerprint density at radius 2 is 2.30 bits per heavy atom. The van der Waals surface area contributed by atoms with E-state index in [0.717, 1.165) is 27.2 Å². The molecule has 0 saturated carbocycles. The number of ether oxygens (including phenoxy) is 1. The van der Waals surface area contributed by atoms with E-state index < -0.39 is 0 Å². The van der Waals surface area contributed by atoms with Crippen LogP contribution in [0.5, 0.6) is 0 Å². The Hall–Kier alpha value is -0.920. The maximum Gasteiger partial charge on any atom is 0.338 e.